The van der Waals surface area contributed by atoms with Crippen LogP contribution in [0.2, 0.25) is 0 Å². The standard InChI is InChI=1S/C23H23F6N3OS2/c1-20(2)11-21(3,4)35-17-6-5-15(10-16(17)20)30-19(34)32-31-18(33)12-7-13(22(24,25)26)9-14(8-12)23(27,28)29/h5-10H,11H2,1-4H3,(H,31,33)(H2,30,32,34). The van der Waals surface area contributed by atoms with E-state index in [2.05, 4.69) is 38.4 Å². The van der Waals surface area contributed by atoms with Crippen molar-refractivity contribution in [1.82, 2.24) is 10.9 Å². The second kappa shape index (κ2) is 9.20. The van der Waals surface area contributed by atoms with Gasteiger partial charge >= 0.3 is 12.4 Å². The number of amides is 1. The predicted octanol–water partition coefficient (Wildman–Crippen LogP) is 6.91. The van der Waals surface area contributed by atoms with Crippen molar-refractivity contribution in [2.75, 3.05) is 5.32 Å². The second-order valence-electron chi connectivity index (χ2n) is 9.46. The molecule has 0 aliphatic carbocycles. The summed E-state index contributed by atoms with van der Waals surface area (Å²) in [5.74, 6) is -1.21. The van der Waals surface area contributed by atoms with Gasteiger partial charge in [-0.2, -0.15) is 26.3 Å². The molecular formula is C23H23F6N3OS2. The maximum absolute atomic E-state index is 13.0. The number of carbonyl (C=O) groups is 1. The van der Waals surface area contributed by atoms with Gasteiger partial charge in [-0.05, 0) is 66.0 Å². The smallest absolute Gasteiger partial charge is 0.331 e. The molecule has 1 heterocycles. The molecule has 0 bridgehead atoms. The van der Waals surface area contributed by atoms with Gasteiger partial charge in [-0.25, -0.2) is 0 Å². The van der Waals surface area contributed by atoms with Crippen molar-refractivity contribution in [2.24, 2.45) is 0 Å². The molecule has 0 aromatic heterocycles. The van der Waals surface area contributed by atoms with Crippen LogP contribution in [0.4, 0.5) is 32.0 Å². The number of alkyl halides is 6. The Morgan fingerprint density at radius 2 is 1.49 bits per heavy atom. The molecule has 0 saturated heterocycles. The number of benzene rings is 2. The number of hydrogen-bond donors (Lipinski definition) is 3. The second-order valence-corrected chi connectivity index (χ2v) is 11.6. The summed E-state index contributed by atoms with van der Waals surface area (Å²) in [4.78, 5) is 13.4. The summed E-state index contributed by atoms with van der Waals surface area (Å²) in [5.41, 5.74) is 1.97. The van der Waals surface area contributed by atoms with E-state index in [0.29, 0.717) is 17.8 Å². The fraction of sp³-hybridized carbons (Fsp3) is 0.391. The van der Waals surface area contributed by atoms with E-state index in [0.717, 1.165) is 16.9 Å². The largest absolute Gasteiger partial charge is 0.416 e. The summed E-state index contributed by atoms with van der Waals surface area (Å²) in [7, 11) is 0. The average molecular weight is 536 g/mol. The normalized spacial score (nSPS) is 16.7. The van der Waals surface area contributed by atoms with Crippen molar-refractivity contribution in [3.05, 3.63) is 58.7 Å². The molecule has 0 spiro atoms. The molecular weight excluding hydrogens is 512 g/mol. The van der Waals surface area contributed by atoms with Crippen LogP contribution in [0, 0.1) is 0 Å². The first-order valence-corrected chi connectivity index (χ1v) is 11.6. The number of hydrazine groups is 1. The van der Waals surface area contributed by atoms with Crippen LogP contribution in [-0.4, -0.2) is 15.8 Å². The first kappa shape index (κ1) is 27.1. The number of thioether (sulfide) groups is 1. The van der Waals surface area contributed by atoms with Gasteiger partial charge in [0.2, 0.25) is 0 Å². The summed E-state index contributed by atoms with van der Waals surface area (Å²) in [6.07, 6.45) is -9.18. The minimum Gasteiger partial charge on any atom is -0.331 e. The Labute approximate surface area is 208 Å². The molecule has 12 heteroatoms. The van der Waals surface area contributed by atoms with Crippen LogP contribution in [0.1, 0.15) is 61.2 Å². The summed E-state index contributed by atoms with van der Waals surface area (Å²) >= 11 is 6.89. The van der Waals surface area contributed by atoms with Crippen LogP contribution in [0.5, 0.6) is 0 Å². The number of anilines is 1. The van der Waals surface area contributed by atoms with E-state index in [4.69, 9.17) is 12.2 Å². The van der Waals surface area contributed by atoms with E-state index < -0.39 is 35.0 Å². The zero-order valence-electron chi connectivity index (χ0n) is 19.2. The molecule has 190 valence electrons. The van der Waals surface area contributed by atoms with Gasteiger partial charge in [0.1, 0.15) is 0 Å². The molecule has 0 atom stereocenters. The third kappa shape index (κ3) is 6.60. The Morgan fingerprint density at radius 1 is 0.914 bits per heavy atom. The highest BCUT2D eigenvalue weighted by Gasteiger charge is 2.39. The first-order valence-electron chi connectivity index (χ1n) is 10.4. The Balaban J connectivity index is 1.72. The number of fused-ring (bicyclic) bond motifs is 1. The zero-order chi connectivity index (χ0) is 26.4. The van der Waals surface area contributed by atoms with Crippen molar-refractivity contribution in [2.45, 2.75) is 61.5 Å². The van der Waals surface area contributed by atoms with E-state index >= 15 is 0 Å². The number of thiocarbonyl (C=S) groups is 1. The molecule has 0 saturated carbocycles. The number of hydrogen-bond acceptors (Lipinski definition) is 3. The van der Waals surface area contributed by atoms with E-state index in [-0.39, 0.29) is 21.3 Å². The Bertz CT molecular complexity index is 1130. The van der Waals surface area contributed by atoms with Gasteiger partial charge < -0.3 is 5.32 Å². The van der Waals surface area contributed by atoms with E-state index in [1.54, 1.807) is 17.8 Å². The molecule has 0 unspecified atom stereocenters. The number of carbonyl (C=O) groups excluding carboxylic acids is 1. The van der Waals surface area contributed by atoms with Crippen LogP contribution < -0.4 is 16.2 Å². The fourth-order valence-corrected chi connectivity index (χ4v) is 5.93. The van der Waals surface area contributed by atoms with Crippen LogP contribution in [0.25, 0.3) is 0 Å². The highest BCUT2D eigenvalue weighted by molar-refractivity contribution is 8.00. The quantitative estimate of drug-likeness (QED) is 0.222. The molecule has 2 aromatic rings. The third-order valence-electron chi connectivity index (χ3n) is 5.36. The van der Waals surface area contributed by atoms with Gasteiger partial charge in [0, 0.05) is 20.9 Å². The summed E-state index contributed by atoms with van der Waals surface area (Å²) in [6.45, 7) is 8.63. The predicted molar refractivity (Wildman–Crippen MR) is 127 cm³/mol. The van der Waals surface area contributed by atoms with Crippen molar-refractivity contribution in [3.8, 4) is 0 Å². The topological polar surface area (TPSA) is 53.2 Å². The monoisotopic (exact) mass is 535 g/mol. The highest BCUT2D eigenvalue weighted by atomic mass is 32.2. The molecule has 1 aliphatic rings. The fourth-order valence-electron chi connectivity index (χ4n) is 4.15. The molecule has 3 rings (SSSR count). The average Bonchev–Trinajstić information content (AvgIpc) is 2.69. The molecule has 35 heavy (non-hydrogen) atoms. The van der Waals surface area contributed by atoms with Gasteiger partial charge in [0.05, 0.1) is 11.1 Å². The molecule has 1 aliphatic heterocycles. The molecule has 1 amide bonds. The van der Waals surface area contributed by atoms with Crippen LogP contribution in [-0.2, 0) is 17.8 Å². The van der Waals surface area contributed by atoms with Gasteiger partial charge in [-0.1, -0.05) is 27.7 Å². The van der Waals surface area contributed by atoms with Gasteiger partial charge in [0.25, 0.3) is 5.91 Å². The van der Waals surface area contributed by atoms with E-state index in [9.17, 15) is 31.1 Å². The highest BCUT2D eigenvalue weighted by Crippen LogP contribution is 2.51. The minimum atomic E-state index is -5.06. The van der Waals surface area contributed by atoms with Crippen LogP contribution >= 0.6 is 24.0 Å². The zero-order valence-corrected chi connectivity index (χ0v) is 20.8. The number of rotatable bonds is 2. The summed E-state index contributed by atoms with van der Waals surface area (Å²) < 4.78 is 78.2. The molecule has 0 radical (unpaired) electrons. The van der Waals surface area contributed by atoms with Crippen molar-refractivity contribution in [1.29, 1.82) is 0 Å². The SMILES string of the molecule is CC1(C)CC(C)(C)c2cc(NC(=S)NNC(=O)c3cc(C(F)(F)F)cc(C(F)(F)F)c3)ccc2S1. The number of nitrogens with one attached hydrogen (secondary N) is 3. The maximum Gasteiger partial charge on any atom is 0.416 e. The van der Waals surface area contributed by atoms with Crippen molar-refractivity contribution < 1.29 is 31.1 Å². The van der Waals surface area contributed by atoms with Gasteiger partial charge in [-0.3, -0.25) is 15.6 Å². The van der Waals surface area contributed by atoms with Crippen molar-refractivity contribution in [3.63, 3.8) is 0 Å². The molecule has 0 fully saturated rings. The summed E-state index contributed by atoms with van der Waals surface area (Å²) in [5, 5.41) is 2.77. The van der Waals surface area contributed by atoms with Crippen LogP contribution in [0.15, 0.2) is 41.3 Å². The third-order valence-corrected chi connectivity index (χ3v) is 6.84. The molecule has 2 aromatic carbocycles. The lowest BCUT2D eigenvalue weighted by Gasteiger charge is -2.41. The molecule has 4 nitrogen and oxygen atoms in total. The van der Waals surface area contributed by atoms with Crippen LogP contribution in [0.3, 0.4) is 0 Å². The Hall–Kier alpha value is -2.47. The Morgan fingerprint density at radius 3 is 2.03 bits per heavy atom. The minimum absolute atomic E-state index is 0.0482. The lowest BCUT2D eigenvalue weighted by Crippen LogP contribution is -2.44. The molecule has 3 N–H and O–H groups in total. The lowest BCUT2D eigenvalue weighted by atomic mass is 9.77. The van der Waals surface area contributed by atoms with Crippen molar-refractivity contribution >= 4 is 40.7 Å². The van der Waals surface area contributed by atoms with E-state index in [1.165, 1.54) is 0 Å². The Kier molecular flexibility index (Phi) is 7.13. The van der Waals surface area contributed by atoms with Gasteiger partial charge in [-0.15, -0.1) is 11.8 Å². The summed E-state index contributed by atoms with van der Waals surface area (Å²) in [6, 6.07) is 6.30. The lowest BCUT2D eigenvalue weighted by molar-refractivity contribution is -0.143. The first-order chi connectivity index (χ1) is 15.9. The van der Waals surface area contributed by atoms with Gasteiger partial charge in [0.15, 0.2) is 5.11 Å². The maximum atomic E-state index is 13.0. The van der Waals surface area contributed by atoms with E-state index in [1.807, 2.05) is 17.6 Å². The number of halogens is 6.